The lowest BCUT2D eigenvalue weighted by Gasteiger charge is -2.25. The first kappa shape index (κ1) is 12.5. The zero-order valence-corrected chi connectivity index (χ0v) is 11.2. The van der Waals surface area contributed by atoms with Gasteiger partial charge in [-0.05, 0) is 34.9 Å². The first-order chi connectivity index (χ1) is 9.65. The van der Waals surface area contributed by atoms with Crippen LogP contribution in [0.4, 0.5) is 5.69 Å². The summed E-state index contributed by atoms with van der Waals surface area (Å²) in [4.78, 5) is 13.7. The minimum Gasteiger partial charge on any atom is -0.508 e. The van der Waals surface area contributed by atoms with Crippen molar-refractivity contribution in [2.75, 3.05) is 4.90 Å². The quantitative estimate of drug-likeness (QED) is 0.792. The summed E-state index contributed by atoms with van der Waals surface area (Å²) >= 11 is 0. The summed E-state index contributed by atoms with van der Waals surface area (Å²) in [6, 6.07) is 13.0. The van der Waals surface area contributed by atoms with Crippen LogP contribution in [0.5, 0.6) is 5.75 Å². The van der Waals surface area contributed by atoms with Crippen molar-refractivity contribution in [2.45, 2.75) is 13.5 Å². The van der Waals surface area contributed by atoms with Crippen LogP contribution < -0.4 is 4.90 Å². The van der Waals surface area contributed by atoms with Gasteiger partial charge in [0.05, 0.1) is 12.2 Å². The molecule has 3 heteroatoms. The Morgan fingerprint density at radius 1 is 1.10 bits per heavy atom. The predicted molar refractivity (Wildman–Crippen MR) is 80.3 cm³/mol. The Labute approximate surface area is 117 Å². The fraction of sp³-hybridized carbons (Fsp3) is 0.118. The van der Waals surface area contributed by atoms with E-state index in [9.17, 15) is 9.90 Å². The van der Waals surface area contributed by atoms with Gasteiger partial charge in [0.1, 0.15) is 5.75 Å². The molecule has 0 spiro atoms. The van der Waals surface area contributed by atoms with Crippen molar-refractivity contribution < 1.29 is 9.90 Å². The van der Waals surface area contributed by atoms with Crippen LogP contribution in [0.15, 0.2) is 42.5 Å². The zero-order chi connectivity index (χ0) is 14.1. The van der Waals surface area contributed by atoms with Gasteiger partial charge in [0.25, 0.3) is 0 Å². The SMILES string of the molecule is CC(=O)N1Cc2ccc(O)cc2C=Cc2ccccc21. The highest BCUT2D eigenvalue weighted by atomic mass is 16.3. The second-order valence-corrected chi connectivity index (χ2v) is 4.88. The summed E-state index contributed by atoms with van der Waals surface area (Å²) in [5.74, 6) is 0.239. The average Bonchev–Trinajstić information content (AvgIpc) is 2.42. The van der Waals surface area contributed by atoms with Gasteiger partial charge in [-0.3, -0.25) is 4.79 Å². The summed E-state index contributed by atoms with van der Waals surface area (Å²) in [6.45, 7) is 2.08. The number of benzene rings is 2. The standard InChI is InChI=1S/C17H15NO2/c1-12(19)18-11-15-8-9-16(20)10-14(15)7-6-13-4-2-3-5-17(13)18/h2-10,20H,11H2,1H3. The number of fused-ring (bicyclic) bond motifs is 2. The van der Waals surface area contributed by atoms with Crippen LogP contribution in [0.2, 0.25) is 0 Å². The normalized spacial score (nSPS) is 13.2. The molecule has 20 heavy (non-hydrogen) atoms. The Bertz CT molecular complexity index is 704. The lowest BCUT2D eigenvalue weighted by molar-refractivity contribution is -0.116. The largest absolute Gasteiger partial charge is 0.508 e. The van der Waals surface area contributed by atoms with E-state index in [2.05, 4.69) is 0 Å². The van der Waals surface area contributed by atoms with Crippen molar-refractivity contribution in [1.29, 1.82) is 0 Å². The lowest BCUT2D eigenvalue weighted by atomic mass is 10.0. The van der Waals surface area contributed by atoms with Crippen molar-refractivity contribution in [2.24, 2.45) is 0 Å². The molecule has 2 aromatic carbocycles. The van der Waals surface area contributed by atoms with Gasteiger partial charge in [0, 0.05) is 6.92 Å². The van der Waals surface area contributed by atoms with Crippen molar-refractivity contribution in [1.82, 2.24) is 0 Å². The van der Waals surface area contributed by atoms with Gasteiger partial charge in [-0.2, -0.15) is 0 Å². The molecule has 3 rings (SSSR count). The number of hydrogen-bond acceptors (Lipinski definition) is 2. The van der Waals surface area contributed by atoms with Crippen LogP contribution >= 0.6 is 0 Å². The van der Waals surface area contributed by atoms with Crippen LogP contribution in [0, 0.1) is 0 Å². The topological polar surface area (TPSA) is 40.5 Å². The van der Waals surface area contributed by atoms with E-state index in [1.807, 2.05) is 42.5 Å². The fourth-order valence-corrected chi connectivity index (χ4v) is 2.47. The smallest absolute Gasteiger partial charge is 0.224 e. The van der Waals surface area contributed by atoms with E-state index in [4.69, 9.17) is 0 Å². The highest BCUT2D eigenvalue weighted by molar-refractivity contribution is 5.95. The number of hydrogen-bond donors (Lipinski definition) is 1. The Morgan fingerprint density at radius 2 is 1.85 bits per heavy atom. The van der Waals surface area contributed by atoms with E-state index in [1.165, 1.54) is 0 Å². The Morgan fingerprint density at radius 3 is 2.65 bits per heavy atom. The van der Waals surface area contributed by atoms with Gasteiger partial charge >= 0.3 is 0 Å². The van der Waals surface area contributed by atoms with E-state index in [-0.39, 0.29) is 11.7 Å². The lowest BCUT2D eigenvalue weighted by Crippen LogP contribution is -2.29. The molecule has 1 N–H and O–H groups in total. The molecular weight excluding hydrogens is 250 g/mol. The molecule has 0 unspecified atom stereocenters. The number of amides is 1. The number of carbonyl (C=O) groups excluding carboxylic acids is 1. The van der Waals surface area contributed by atoms with E-state index < -0.39 is 0 Å². The highest BCUT2D eigenvalue weighted by Gasteiger charge is 2.17. The maximum atomic E-state index is 12.0. The molecule has 0 radical (unpaired) electrons. The van der Waals surface area contributed by atoms with E-state index in [0.717, 1.165) is 22.4 Å². The number of nitrogens with zero attached hydrogens (tertiary/aromatic N) is 1. The fourth-order valence-electron chi connectivity index (χ4n) is 2.47. The van der Waals surface area contributed by atoms with Crippen molar-refractivity contribution in [3.63, 3.8) is 0 Å². The van der Waals surface area contributed by atoms with Gasteiger partial charge < -0.3 is 10.0 Å². The van der Waals surface area contributed by atoms with Crippen molar-refractivity contribution in [3.8, 4) is 5.75 Å². The van der Waals surface area contributed by atoms with Gasteiger partial charge in [0.2, 0.25) is 5.91 Å². The first-order valence-electron chi connectivity index (χ1n) is 6.52. The Balaban J connectivity index is 2.19. The zero-order valence-electron chi connectivity index (χ0n) is 11.2. The maximum absolute atomic E-state index is 12.0. The summed E-state index contributed by atoms with van der Waals surface area (Å²) < 4.78 is 0. The number of anilines is 1. The molecule has 3 nitrogen and oxygen atoms in total. The van der Waals surface area contributed by atoms with Crippen LogP contribution in [-0.2, 0) is 11.3 Å². The summed E-state index contributed by atoms with van der Waals surface area (Å²) in [7, 11) is 0. The molecule has 1 aliphatic heterocycles. The monoisotopic (exact) mass is 265 g/mol. The predicted octanol–water partition coefficient (Wildman–Crippen LogP) is 3.43. The molecule has 0 bridgehead atoms. The average molecular weight is 265 g/mol. The molecule has 0 saturated heterocycles. The third-order valence-corrected chi connectivity index (χ3v) is 3.51. The molecule has 0 aromatic heterocycles. The Kier molecular flexibility index (Phi) is 3.03. The molecule has 100 valence electrons. The Hall–Kier alpha value is -2.55. The maximum Gasteiger partial charge on any atom is 0.224 e. The van der Waals surface area contributed by atoms with E-state index in [0.29, 0.717) is 6.54 Å². The molecular formula is C17H15NO2. The van der Waals surface area contributed by atoms with Crippen LogP contribution in [0.3, 0.4) is 0 Å². The number of rotatable bonds is 0. The number of aromatic hydroxyl groups is 1. The van der Waals surface area contributed by atoms with Crippen LogP contribution in [0.25, 0.3) is 12.2 Å². The minimum atomic E-state index is 0.00627. The van der Waals surface area contributed by atoms with Gasteiger partial charge in [-0.1, -0.05) is 36.4 Å². The number of phenols is 1. The molecule has 1 amide bonds. The molecule has 1 aliphatic rings. The van der Waals surface area contributed by atoms with Crippen LogP contribution in [0.1, 0.15) is 23.6 Å². The van der Waals surface area contributed by atoms with Gasteiger partial charge in [-0.15, -0.1) is 0 Å². The molecule has 0 atom stereocenters. The second-order valence-electron chi connectivity index (χ2n) is 4.88. The summed E-state index contributed by atoms with van der Waals surface area (Å²) in [5.41, 5.74) is 3.86. The number of phenolic OH excluding ortho intramolecular Hbond substituents is 1. The van der Waals surface area contributed by atoms with Crippen molar-refractivity contribution in [3.05, 3.63) is 59.2 Å². The minimum absolute atomic E-state index is 0.00627. The van der Waals surface area contributed by atoms with Crippen molar-refractivity contribution >= 4 is 23.7 Å². The molecule has 0 saturated carbocycles. The third-order valence-electron chi connectivity index (χ3n) is 3.51. The summed E-state index contributed by atoms with van der Waals surface area (Å²) in [5, 5.41) is 9.61. The van der Waals surface area contributed by atoms with Gasteiger partial charge in [-0.25, -0.2) is 0 Å². The highest BCUT2D eigenvalue weighted by Crippen LogP contribution is 2.29. The second kappa shape index (κ2) is 4.85. The number of carbonyl (C=O) groups is 1. The molecule has 1 heterocycles. The van der Waals surface area contributed by atoms with E-state index >= 15 is 0 Å². The van der Waals surface area contributed by atoms with Crippen LogP contribution in [-0.4, -0.2) is 11.0 Å². The van der Waals surface area contributed by atoms with Gasteiger partial charge in [0.15, 0.2) is 0 Å². The number of para-hydroxylation sites is 1. The molecule has 0 fully saturated rings. The first-order valence-corrected chi connectivity index (χ1v) is 6.52. The van der Waals surface area contributed by atoms with E-state index in [1.54, 1.807) is 24.0 Å². The molecule has 0 aliphatic carbocycles. The third kappa shape index (κ3) is 2.18. The summed E-state index contributed by atoms with van der Waals surface area (Å²) in [6.07, 6.45) is 3.95. The molecule has 2 aromatic rings.